The van der Waals surface area contributed by atoms with Gasteiger partial charge >= 0.3 is 11.9 Å². The summed E-state index contributed by atoms with van der Waals surface area (Å²) in [6.45, 7) is 8.69. The van der Waals surface area contributed by atoms with Crippen molar-refractivity contribution >= 4 is 11.9 Å². The average molecular weight is 639 g/mol. The molecule has 2 aliphatic heterocycles. The van der Waals surface area contributed by atoms with Gasteiger partial charge in [-0.15, -0.1) is 0 Å². The van der Waals surface area contributed by atoms with E-state index in [4.69, 9.17) is 18.9 Å². The number of fused-ring (bicyclic) bond motifs is 2. The largest absolute Gasteiger partial charge is 0.452 e. The smallest absolute Gasteiger partial charge is 0.334 e. The van der Waals surface area contributed by atoms with Crippen LogP contribution in [0.4, 0.5) is 8.78 Å². The molecule has 0 radical (unpaired) electrons. The van der Waals surface area contributed by atoms with Gasteiger partial charge < -0.3 is 18.9 Å². The molecule has 0 bridgehead atoms. The molecule has 2 unspecified atom stereocenters. The number of nitrogens with zero attached hydrogens (tertiary/aromatic N) is 2. The molecule has 8 nitrogen and oxygen atoms in total. The number of likely N-dealkylation sites (N-methyl/N-ethyl adjacent to an activating group) is 2. The van der Waals surface area contributed by atoms with Crippen molar-refractivity contribution in [2.75, 3.05) is 40.3 Å². The normalized spacial score (nSPS) is 22.8. The molecule has 2 atom stereocenters. The van der Waals surface area contributed by atoms with Gasteiger partial charge in [-0.2, -0.15) is 0 Å². The molecular formula is C36H44F2N2O6. The number of allylic oxidation sites excluding steroid dienone is 4. The molecule has 0 spiro atoms. The zero-order valence-corrected chi connectivity index (χ0v) is 27.5. The van der Waals surface area contributed by atoms with Gasteiger partial charge in [0.05, 0.1) is 24.6 Å². The maximum atomic E-state index is 15.1. The van der Waals surface area contributed by atoms with Gasteiger partial charge in [-0.25, -0.2) is 18.4 Å². The van der Waals surface area contributed by atoms with Crippen LogP contribution in [-0.2, 0) is 53.0 Å². The van der Waals surface area contributed by atoms with Crippen LogP contribution in [0, 0.1) is 11.6 Å². The first-order valence-electron chi connectivity index (χ1n) is 15.7. The maximum Gasteiger partial charge on any atom is 0.334 e. The predicted octanol–water partition coefficient (Wildman–Crippen LogP) is 6.25. The van der Waals surface area contributed by atoms with E-state index in [0.29, 0.717) is 72.5 Å². The van der Waals surface area contributed by atoms with E-state index in [1.165, 1.54) is 12.1 Å². The van der Waals surface area contributed by atoms with Gasteiger partial charge in [0, 0.05) is 60.3 Å². The molecule has 0 saturated carbocycles. The molecule has 0 fully saturated rings. The van der Waals surface area contributed by atoms with E-state index in [2.05, 4.69) is 0 Å². The molecular weight excluding hydrogens is 594 g/mol. The highest BCUT2D eigenvalue weighted by molar-refractivity contribution is 5.92. The van der Waals surface area contributed by atoms with Crippen LogP contribution < -0.4 is 0 Å². The Bertz CT molecular complexity index is 1410. The fourth-order valence-corrected chi connectivity index (χ4v) is 6.00. The SMILES string of the molecule is CC=C(CC)OC1(OC(=O)/C=C\C(=O)OC2(OC(=CC)CC)CN(C)CCc3c(F)cccc32)CN(C)CCc2c(F)cccc21. The number of ether oxygens (including phenoxy) is 4. The standard InChI is InChI=1S/C36H44F2N2O6/c1-7-25(8-2)43-35(23-39(5)21-19-27-29(35)13-11-15-31(27)37)45-33(41)17-18-34(42)46-36(44-26(9-3)10-4)24-40(6)22-20-28-30(36)14-12-16-32(28)38/h7,9,11-18H,8,10,19-24H2,1-6H3/b18-17-,25-7?,26-9?. The van der Waals surface area contributed by atoms with Gasteiger partial charge in [-0.1, -0.05) is 38.1 Å². The third-order valence-electron chi connectivity index (χ3n) is 8.32. The lowest BCUT2D eigenvalue weighted by atomic mass is 9.97. The first-order chi connectivity index (χ1) is 22.0. The maximum absolute atomic E-state index is 15.1. The third kappa shape index (κ3) is 7.67. The molecule has 2 aliphatic rings. The monoisotopic (exact) mass is 638 g/mol. The second kappa shape index (κ2) is 15.0. The van der Waals surface area contributed by atoms with Crippen LogP contribution in [0.1, 0.15) is 62.8 Å². The summed E-state index contributed by atoms with van der Waals surface area (Å²) in [5.41, 5.74) is 1.60. The van der Waals surface area contributed by atoms with E-state index in [0.717, 1.165) is 12.2 Å². The van der Waals surface area contributed by atoms with E-state index in [9.17, 15) is 9.59 Å². The van der Waals surface area contributed by atoms with Gasteiger partial charge in [0.1, 0.15) is 11.6 Å². The van der Waals surface area contributed by atoms with E-state index in [1.54, 1.807) is 36.4 Å². The van der Waals surface area contributed by atoms with Crippen LogP contribution in [0.3, 0.4) is 0 Å². The van der Waals surface area contributed by atoms with Crippen molar-refractivity contribution < 1.29 is 37.3 Å². The average Bonchev–Trinajstić information content (AvgIpc) is 3.26. The topological polar surface area (TPSA) is 77.5 Å². The Kier molecular flexibility index (Phi) is 11.4. The Morgan fingerprint density at radius 3 is 1.46 bits per heavy atom. The van der Waals surface area contributed by atoms with Crippen molar-refractivity contribution in [2.45, 2.75) is 65.0 Å². The van der Waals surface area contributed by atoms with Gasteiger partial charge in [-0.3, -0.25) is 9.80 Å². The highest BCUT2D eigenvalue weighted by Crippen LogP contribution is 2.39. The Hall–Kier alpha value is -4.02. The van der Waals surface area contributed by atoms with E-state index in [-0.39, 0.29) is 13.1 Å². The van der Waals surface area contributed by atoms with Crippen LogP contribution in [0.2, 0.25) is 0 Å². The number of carbonyl (C=O) groups excluding carboxylic acids is 2. The zero-order chi connectivity index (χ0) is 33.5. The Balaban J connectivity index is 1.68. The summed E-state index contributed by atoms with van der Waals surface area (Å²) < 4.78 is 54.9. The lowest BCUT2D eigenvalue weighted by Gasteiger charge is -2.37. The summed E-state index contributed by atoms with van der Waals surface area (Å²) in [5.74, 6) is -4.88. The minimum absolute atomic E-state index is 0.125. The van der Waals surface area contributed by atoms with Crippen LogP contribution in [-0.4, -0.2) is 62.0 Å². The lowest BCUT2D eigenvalue weighted by Crippen LogP contribution is -2.44. The number of hydrogen-bond donors (Lipinski definition) is 0. The summed E-state index contributed by atoms with van der Waals surface area (Å²) >= 11 is 0. The second-order valence-electron chi connectivity index (χ2n) is 11.6. The molecule has 4 rings (SSSR count). The minimum atomic E-state index is -1.68. The molecule has 0 aromatic heterocycles. The predicted molar refractivity (Wildman–Crippen MR) is 170 cm³/mol. The third-order valence-corrected chi connectivity index (χ3v) is 8.32. The molecule has 2 aromatic carbocycles. The van der Waals surface area contributed by atoms with E-state index >= 15 is 8.78 Å². The van der Waals surface area contributed by atoms with Crippen molar-refractivity contribution in [3.8, 4) is 0 Å². The molecule has 0 N–H and O–H groups in total. The number of rotatable bonds is 10. The van der Waals surface area contributed by atoms with Crippen molar-refractivity contribution in [3.63, 3.8) is 0 Å². The van der Waals surface area contributed by atoms with Crippen LogP contribution in [0.5, 0.6) is 0 Å². The van der Waals surface area contributed by atoms with Crippen molar-refractivity contribution in [3.05, 3.63) is 106 Å². The summed E-state index contributed by atoms with van der Waals surface area (Å²) in [6, 6.07) is 9.23. The van der Waals surface area contributed by atoms with Crippen molar-refractivity contribution in [1.29, 1.82) is 0 Å². The first kappa shape index (κ1) is 34.8. The Morgan fingerprint density at radius 2 is 1.11 bits per heavy atom. The number of halogens is 2. The lowest BCUT2D eigenvalue weighted by molar-refractivity contribution is -0.227. The fraction of sp³-hybridized carbons (Fsp3) is 0.444. The molecule has 248 valence electrons. The second-order valence-corrected chi connectivity index (χ2v) is 11.6. The highest BCUT2D eigenvalue weighted by atomic mass is 19.1. The molecule has 10 heteroatoms. The van der Waals surface area contributed by atoms with Gasteiger partial charge in [-0.05, 0) is 65.1 Å². The number of hydrogen-bond acceptors (Lipinski definition) is 8. The number of esters is 2. The van der Waals surface area contributed by atoms with Crippen LogP contribution in [0.25, 0.3) is 0 Å². The molecule has 0 amide bonds. The Labute approximate surface area is 270 Å². The summed E-state index contributed by atoms with van der Waals surface area (Å²) in [5, 5.41) is 0. The first-order valence-corrected chi connectivity index (χ1v) is 15.7. The van der Waals surface area contributed by atoms with E-state index in [1.807, 2.05) is 51.6 Å². The van der Waals surface area contributed by atoms with Gasteiger partial charge in [0.2, 0.25) is 0 Å². The fourth-order valence-electron chi connectivity index (χ4n) is 6.00. The molecule has 2 heterocycles. The van der Waals surface area contributed by atoms with Gasteiger partial charge in [0.15, 0.2) is 0 Å². The number of carbonyl (C=O) groups is 2. The van der Waals surface area contributed by atoms with Gasteiger partial charge in [0.25, 0.3) is 11.6 Å². The van der Waals surface area contributed by atoms with Crippen molar-refractivity contribution in [1.82, 2.24) is 9.80 Å². The quantitative estimate of drug-likeness (QED) is 0.131. The molecule has 2 aromatic rings. The number of benzene rings is 2. The summed E-state index contributed by atoms with van der Waals surface area (Å²) in [4.78, 5) is 30.7. The summed E-state index contributed by atoms with van der Waals surface area (Å²) in [6.07, 6.45) is 7.26. The van der Waals surface area contributed by atoms with Crippen molar-refractivity contribution in [2.24, 2.45) is 0 Å². The molecule has 46 heavy (non-hydrogen) atoms. The van der Waals surface area contributed by atoms with Crippen LogP contribution in [0.15, 0.2) is 72.2 Å². The highest BCUT2D eigenvalue weighted by Gasteiger charge is 2.46. The molecule has 0 aliphatic carbocycles. The Morgan fingerprint density at radius 1 is 0.717 bits per heavy atom. The summed E-state index contributed by atoms with van der Waals surface area (Å²) in [7, 11) is 3.67. The van der Waals surface area contributed by atoms with Crippen LogP contribution >= 0.6 is 0 Å². The zero-order valence-electron chi connectivity index (χ0n) is 27.5. The van der Waals surface area contributed by atoms with E-state index < -0.39 is 35.1 Å². The minimum Gasteiger partial charge on any atom is -0.452 e. The molecule has 0 saturated heterocycles.